The fraction of sp³-hybridized carbons (Fsp3) is 0.429. The van der Waals surface area contributed by atoms with E-state index < -0.39 is 16.3 Å². The number of amides is 1. The highest BCUT2D eigenvalue weighted by Gasteiger charge is 2.42. The Morgan fingerprint density at radius 2 is 2.10 bits per heavy atom. The molecule has 1 aliphatic rings. The molecule has 1 N–H and O–H groups in total. The van der Waals surface area contributed by atoms with Crippen molar-refractivity contribution < 1.29 is 19.6 Å². The Hall–Kier alpha value is -2.44. The van der Waals surface area contributed by atoms with E-state index in [2.05, 4.69) is 0 Å². The van der Waals surface area contributed by atoms with Crippen LogP contribution in [0.5, 0.6) is 0 Å². The van der Waals surface area contributed by atoms with Crippen LogP contribution in [-0.4, -0.2) is 39.9 Å². The molecule has 21 heavy (non-hydrogen) atoms. The van der Waals surface area contributed by atoms with Crippen molar-refractivity contribution in [2.24, 2.45) is 5.41 Å². The predicted octanol–water partition coefficient (Wildman–Crippen LogP) is 1.84. The summed E-state index contributed by atoms with van der Waals surface area (Å²) in [5, 5.41) is 19.9. The molecule has 1 aromatic carbocycles. The summed E-state index contributed by atoms with van der Waals surface area (Å²) in [7, 11) is 0. The van der Waals surface area contributed by atoms with Gasteiger partial charge in [0, 0.05) is 30.8 Å². The number of benzene rings is 1. The van der Waals surface area contributed by atoms with Crippen LogP contribution in [0.4, 0.5) is 5.69 Å². The van der Waals surface area contributed by atoms with Gasteiger partial charge in [-0.2, -0.15) is 0 Å². The third-order valence-electron chi connectivity index (χ3n) is 3.93. The number of nitro benzene ring substituents is 1. The number of carbonyl (C=O) groups excluding carboxylic acids is 1. The molecule has 0 radical (unpaired) electrons. The first-order valence-electron chi connectivity index (χ1n) is 6.52. The lowest BCUT2D eigenvalue weighted by Gasteiger charge is -2.20. The van der Waals surface area contributed by atoms with Crippen LogP contribution in [0.25, 0.3) is 0 Å². The van der Waals surface area contributed by atoms with E-state index in [9.17, 15) is 24.8 Å². The van der Waals surface area contributed by atoms with E-state index in [1.165, 1.54) is 23.1 Å². The van der Waals surface area contributed by atoms with Crippen molar-refractivity contribution in [1.82, 2.24) is 4.90 Å². The lowest BCUT2D eigenvalue weighted by atomic mass is 9.90. The SMILES string of the molecule is Cc1cc([N+](=O)[O-])ccc1C(=O)N1CCC(C)(C(=O)O)C1. The topological polar surface area (TPSA) is 101 Å². The molecule has 1 saturated heterocycles. The molecule has 0 aromatic heterocycles. The Balaban J connectivity index is 2.22. The van der Waals surface area contributed by atoms with Crippen LogP contribution >= 0.6 is 0 Å². The van der Waals surface area contributed by atoms with Crippen molar-refractivity contribution in [2.75, 3.05) is 13.1 Å². The summed E-state index contributed by atoms with van der Waals surface area (Å²) in [4.78, 5) is 35.3. The van der Waals surface area contributed by atoms with E-state index >= 15 is 0 Å². The Morgan fingerprint density at radius 1 is 1.43 bits per heavy atom. The fourth-order valence-electron chi connectivity index (χ4n) is 2.48. The number of carbonyl (C=O) groups is 2. The molecule has 1 amide bonds. The molecular formula is C14H16N2O5. The van der Waals surface area contributed by atoms with Crippen molar-refractivity contribution in [3.8, 4) is 0 Å². The maximum Gasteiger partial charge on any atom is 0.311 e. The summed E-state index contributed by atoms with van der Waals surface area (Å²) < 4.78 is 0. The first-order chi connectivity index (χ1) is 9.74. The Labute approximate surface area is 121 Å². The number of nitrogens with zero attached hydrogens (tertiary/aromatic N) is 2. The van der Waals surface area contributed by atoms with Crippen molar-refractivity contribution in [1.29, 1.82) is 0 Å². The maximum atomic E-state index is 12.4. The molecule has 7 heteroatoms. The monoisotopic (exact) mass is 292 g/mol. The van der Waals surface area contributed by atoms with Gasteiger partial charge in [-0.1, -0.05) is 0 Å². The van der Waals surface area contributed by atoms with Crippen LogP contribution in [0.2, 0.25) is 0 Å². The highest BCUT2D eigenvalue weighted by atomic mass is 16.6. The average Bonchev–Trinajstić information content (AvgIpc) is 2.82. The van der Waals surface area contributed by atoms with Gasteiger partial charge in [0.2, 0.25) is 0 Å². The van der Waals surface area contributed by atoms with Crippen LogP contribution in [0, 0.1) is 22.5 Å². The number of aliphatic carboxylic acids is 1. The van der Waals surface area contributed by atoms with Crippen LogP contribution in [-0.2, 0) is 4.79 Å². The van der Waals surface area contributed by atoms with Gasteiger partial charge in [-0.15, -0.1) is 0 Å². The average molecular weight is 292 g/mol. The van der Waals surface area contributed by atoms with Crippen molar-refractivity contribution in [3.05, 3.63) is 39.4 Å². The Kier molecular flexibility index (Phi) is 3.67. The van der Waals surface area contributed by atoms with Gasteiger partial charge in [-0.3, -0.25) is 19.7 Å². The maximum absolute atomic E-state index is 12.4. The van der Waals surface area contributed by atoms with Gasteiger partial charge in [0.25, 0.3) is 11.6 Å². The molecule has 1 atom stereocenters. The molecule has 0 spiro atoms. The quantitative estimate of drug-likeness (QED) is 0.676. The van der Waals surface area contributed by atoms with E-state index in [1.54, 1.807) is 13.8 Å². The van der Waals surface area contributed by atoms with Gasteiger partial charge in [0.1, 0.15) is 0 Å². The number of nitro groups is 1. The van der Waals surface area contributed by atoms with Gasteiger partial charge < -0.3 is 10.0 Å². The van der Waals surface area contributed by atoms with Crippen molar-refractivity contribution >= 4 is 17.6 Å². The zero-order valence-electron chi connectivity index (χ0n) is 11.8. The molecule has 1 heterocycles. The molecule has 1 aliphatic heterocycles. The number of carboxylic acid groups (broad SMARTS) is 1. The van der Waals surface area contributed by atoms with Gasteiger partial charge >= 0.3 is 5.97 Å². The standard InChI is InChI=1S/C14H16N2O5/c1-9-7-10(16(20)21)3-4-11(9)12(17)15-6-5-14(2,8-15)13(18)19/h3-4,7H,5-6,8H2,1-2H3,(H,18,19). The number of hydrogen-bond acceptors (Lipinski definition) is 4. The van der Waals surface area contributed by atoms with Crippen LogP contribution in [0.3, 0.4) is 0 Å². The first kappa shape index (κ1) is 15.0. The van der Waals surface area contributed by atoms with E-state index in [-0.39, 0.29) is 18.1 Å². The second-order valence-electron chi connectivity index (χ2n) is 5.60. The van der Waals surface area contributed by atoms with Crippen LogP contribution in [0.1, 0.15) is 29.3 Å². The summed E-state index contributed by atoms with van der Waals surface area (Å²) in [6.07, 6.45) is 0.403. The van der Waals surface area contributed by atoms with Crippen LogP contribution < -0.4 is 0 Å². The zero-order valence-corrected chi connectivity index (χ0v) is 11.8. The molecule has 7 nitrogen and oxygen atoms in total. The smallest absolute Gasteiger partial charge is 0.311 e. The number of hydrogen-bond donors (Lipinski definition) is 1. The first-order valence-corrected chi connectivity index (χ1v) is 6.52. The molecular weight excluding hydrogens is 276 g/mol. The Morgan fingerprint density at radius 3 is 2.57 bits per heavy atom. The molecule has 2 rings (SSSR count). The molecule has 1 aromatic rings. The zero-order chi connectivity index (χ0) is 15.8. The third kappa shape index (κ3) is 2.72. The molecule has 0 aliphatic carbocycles. The Bertz CT molecular complexity index is 628. The number of likely N-dealkylation sites (tertiary alicyclic amines) is 1. The minimum Gasteiger partial charge on any atom is -0.481 e. The van der Waals surface area contributed by atoms with E-state index in [0.717, 1.165) is 0 Å². The van der Waals surface area contributed by atoms with E-state index in [4.69, 9.17) is 0 Å². The fourth-order valence-corrected chi connectivity index (χ4v) is 2.48. The lowest BCUT2D eigenvalue weighted by Crippen LogP contribution is -2.35. The van der Waals surface area contributed by atoms with Gasteiger partial charge in [0.05, 0.1) is 10.3 Å². The minimum atomic E-state index is -0.926. The van der Waals surface area contributed by atoms with Gasteiger partial charge in [-0.05, 0) is 31.9 Å². The highest BCUT2D eigenvalue weighted by Crippen LogP contribution is 2.31. The number of aryl methyl sites for hydroxylation is 1. The largest absolute Gasteiger partial charge is 0.481 e. The second-order valence-corrected chi connectivity index (χ2v) is 5.60. The summed E-state index contributed by atoms with van der Waals surface area (Å²) >= 11 is 0. The molecule has 0 bridgehead atoms. The molecule has 1 fully saturated rings. The van der Waals surface area contributed by atoms with Gasteiger partial charge in [0.15, 0.2) is 0 Å². The normalized spacial score (nSPS) is 21.3. The third-order valence-corrected chi connectivity index (χ3v) is 3.93. The minimum absolute atomic E-state index is 0.0687. The van der Waals surface area contributed by atoms with Crippen LogP contribution in [0.15, 0.2) is 18.2 Å². The summed E-state index contributed by atoms with van der Waals surface area (Å²) in [6, 6.07) is 4.05. The molecule has 0 saturated carbocycles. The summed E-state index contributed by atoms with van der Waals surface area (Å²) in [5.74, 6) is -1.20. The van der Waals surface area contributed by atoms with E-state index in [1.807, 2.05) is 0 Å². The number of carboxylic acids is 1. The second kappa shape index (κ2) is 5.16. The predicted molar refractivity (Wildman–Crippen MR) is 74.1 cm³/mol. The number of rotatable bonds is 3. The van der Waals surface area contributed by atoms with Crippen molar-refractivity contribution in [2.45, 2.75) is 20.3 Å². The highest BCUT2D eigenvalue weighted by molar-refractivity contribution is 5.96. The van der Waals surface area contributed by atoms with Gasteiger partial charge in [-0.25, -0.2) is 0 Å². The van der Waals surface area contributed by atoms with Crippen molar-refractivity contribution in [3.63, 3.8) is 0 Å². The molecule has 112 valence electrons. The van der Waals surface area contributed by atoms with E-state index in [0.29, 0.717) is 24.1 Å². The molecule has 1 unspecified atom stereocenters. The summed E-state index contributed by atoms with van der Waals surface area (Å²) in [5.41, 5.74) is -0.112. The lowest BCUT2D eigenvalue weighted by molar-refractivity contribution is -0.384. The summed E-state index contributed by atoms with van der Waals surface area (Å²) in [6.45, 7) is 3.77. The number of non-ortho nitro benzene ring substituents is 1.